The quantitative estimate of drug-likeness (QED) is 0.0388. The predicted molar refractivity (Wildman–Crippen MR) is 363 cm³/mol. The van der Waals surface area contributed by atoms with Gasteiger partial charge >= 0.3 is 18.4 Å². The molecular weight excluding hydrogens is 1290 g/mol. The Morgan fingerprint density at radius 3 is 2.01 bits per heavy atom. The van der Waals surface area contributed by atoms with Gasteiger partial charge in [0, 0.05) is 102 Å². The number of halogens is 7. The van der Waals surface area contributed by atoms with Gasteiger partial charge in [-0.2, -0.15) is 26.3 Å². The lowest BCUT2D eigenvalue weighted by molar-refractivity contribution is -0.143. The van der Waals surface area contributed by atoms with E-state index in [2.05, 4.69) is 39.2 Å². The molecule has 0 bridgehead atoms. The van der Waals surface area contributed by atoms with E-state index in [9.17, 15) is 54.7 Å². The molecule has 16 nitrogen and oxygen atoms in total. The van der Waals surface area contributed by atoms with Crippen LogP contribution in [-0.2, 0) is 60.1 Å². The van der Waals surface area contributed by atoms with E-state index in [-0.39, 0.29) is 55.6 Å². The zero-order valence-electron chi connectivity index (χ0n) is 56.7. The van der Waals surface area contributed by atoms with Gasteiger partial charge in [-0.25, -0.2) is 9.18 Å². The number of anilines is 1. The van der Waals surface area contributed by atoms with Gasteiger partial charge in [0.1, 0.15) is 30.9 Å². The molecule has 3 fully saturated rings. The molecule has 3 heterocycles. The minimum absolute atomic E-state index is 0.0273. The van der Waals surface area contributed by atoms with Crippen molar-refractivity contribution in [3.8, 4) is 11.1 Å². The van der Waals surface area contributed by atoms with E-state index in [0.29, 0.717) is 107 Å². The van der Waals surface area contributed by atoms with Crippen molar-refractivity contribution >= 4 is 35.4 Å². The van der Waals surface area contributed by atoms with E-state index in [1.165, 1.54) is 24.3 Å². The van der Waals surface area contributed by atoms with Gasteiger partial charge in [0.15, 0.2) is 0 Å². The molecule has 23 heteroatoms. The fraction of sp³-hybridized carbons (Fsp3) is 0.461. The molecule has 3 saturated heterocycles. The molecule has 0 aromatic heterocycles. The summed E-state index contributed by atoms with van der Waals surface area (Å²) in [6.45, 7) is 6.11. The lowest BCUT2D eigenvalue weighted by atomic mass is 9.72. The van der Waals surface area contributed by atoms with Gasteiger partial charge in [0.05, 0.1) is 29.5 Å². The minimum Gasteiger partial charge on any atom is -0.446 e. The Bertz CT molecular complexity index is 3700. The number of carbonyl (C=O) groups excluding carboxylic acids is 5. The summed E-state index contributed by atoms with van der Waals surface area (Å²) < 4.78 is 116. The molecule has 3 aliphatic heterocycles. The van der Waals surface area contributed by atoms with Gasteiger partial charge in [-0.05, 0) is 161 Å². The molecule has 0 radical (unpaired) electrons. The summed E-state index contributed by atoms with van der Waals surface area (Å²) in [5.74, 6) is -1.79. The van der Waals surface area contributed by atoms with Crippen LogP contribution in [0.2, 0.25) is 0 Å². The van der Waals surface area contributed by atoms with Gasteiger partial charge in [0.25, 0.3) is 11.8 Å². The van der Waals surface area contributed by atoms with Gasteiger partial charge in [0.2, 0.25) is 11.8 Å². The number of hydrogen-bond donors (Lipinski definition) is 1. The molecule has 1 aliphatic carbocycles. The first-order valence-corrected chi connectivity index (χ1v) is 34.1. The number of benzene rings is 6. The Morgan fingerprint density at radius 1 is 0.636 bits per heavy atom. The van der Waals surface area contributed by atoms with Crippen LogP contribution in [0.4, 0.5) is 41.2 Å². The summed E-state index contributed by atoms with van der Waals surface area (Å²) in [6, 6.07) is 39.6. The Hall–Kier alpha value is -8.22. The Labute approximate surface area is 574 Å². The summed E-state index contributed by atoms with van der Waals surface area (Å²) >= 11 is 0. The van der Waals surface area contributed by atoms with E-state index < -0.39 is 64.6 Å². The molecule has 1 N–H and O–H groups in total. The van der Waals surface area contributed by atoms with Gasteiger partial charge in [-0.1, -0.05) is 103 Å². The molecule has 4 aliphatic rings. The average Bonchev–Trinajstić information content (AvgIpc) is 1.61. The van der Waals surface area contributed by atoms with Crippen molar-refractivity contribution in [2.75, 3.05) is 119 Å². The fourth-order valence-electron chi connectivity index (χ4n) is 14.2. The van der Waals surface area contributed by atoms with Gasteiger partial charge < -0.3 is 48.5 Å². The number of piperidine rings is 2. The third kappa shape index (κ3) is 19.0. The number of unbranched alkanes of at least 4 members (excludes halogenated alkanes) is 2. The lowest BCUT2D eigenvalue weighted by Crippen LogP contribution is -2.50. The third-order valence-electron chi connectivity index (χ3n) is 20.0. The van der Waals surface area contributed by atoms with E-state index >= 15 is 0 Å². The normalized spacial score (nSPS) is 18.1. The summed E-state index contributed by atoms with van der Waals surface area (Å²) in [4.78, 5) is 80.1. The first kappa shape index (κ1) is 73.5. The van der Waals surface area contributed by atoms with Gasteiger partial charge in [-0.15, -0.1) is 0 Å². The van der Waals surface area contributed by atoms with E-state index in [0.717, 1.165) is 91.0 Å². The molecule has 5 amide bonds. The van der Waals surface area contributed by atoms with Crippen LogP contribution in [0.5, 0.6) is 0 Å². The molecule has 0 saturated carbocycles. The molecule has 10 rings (SSSR count). The van der Waals surface area contributed by atoms with Crippen molar-refractivity contribution in [1.82, 2.24) is 34.3 Å². The number of hydrogen-bond acceptors (Lipinski definition) is 11. The number of fused-ring (bicyclic) bond motifs is 2. The number of amides is 5. The monoisotopic (exact) mass is 1370 g/mol. The molecule has 1 spiro atoms. The Kier molecular flexibility index (Phi) is 24.4. The largest absolute Gasteiger partial charge is 0.446 e. The first-order valence-electron chi connectivity index (χ1n) is 34.1. The third-order valence-corrected chi connectivity index (χ3v) is 20.0. The summed E-state index contributed by atoms with van der Waals surface area (Å²) in [7, 11) is 7.39. The number of ether oxygens (including phenoxy) is 3. The van der Waals surface area contributed by atoms with Crippen LogP contribution in [0.1, 0.15) is 118 Å². The summed E-state index contributed by atoms with van der Waals surface area (Å²) in [5, 5.41) is 2.94. The Morgan fingerprint density at radius 2 is 1.29 bits per heavy atom. The van der Waals surface area contributed by atoms with Crippen molar-refractivity contribution in [2.45, 2.75) is 113 Å². The van der Waals surface area contributed by atoms with Gasteiger partial charge in [-0.3, -0.25) is 24.5 Å². The van der Waals surface area contributed by atoms with Crippen LogP contribution in [0.25, 0.3) is 11.1 Å². The van der Waals surface area contributed by atoms with Crippen molar-refractivity contribution in [3.63, 3.8) is 0 Å². The lowest BCUT2D eigenvalue weighted by Gasteiger charge is -2.44. The number of likely N-dealkylation sites (N-methyl/N-ethyl adjacent to an activating group) is 2. The fourth-order valence-corrected chi connectivity index (χ4v) is 14.2. The van der Waals surface area contributed by atoms with Crippen LogP contribution in [0.15, 0.2) is 146 Å². The standard InChI is InChI=1S/C76H89F7N8O8/c1-85(35-14-6-9-25-68(92)87(3)43-44-89-38-30-63(31-39-89)99-72(96)84-66-24-13-11-22-64(66)55-18-7-5-8-19-55)50-54-17-15-21-57(45-54)70(94)88(4)37-16-36-86(2)69(93)51-97-67-48-56-20-10-12-23-65(56)73(67)32-40-90(41-33-73)42-34-74(59-26-28-62(77)29-27-59)52-91(53-98-74)71(95)58-46-60(75(78,79)80)49-61(47-58)76(81,82)83/h5,7-8,10-13,15,17-24,26-29,45-47,49,63,67H,6,9,14,16,25,30-44,48,50-53H2,1-4H3,(H,84,96)/t67-,74+/m0/s1. The molecule has 0 unspecified atom stereocenters. The van der Waals surface area contributed by atoms with Crippen LogP contribution >= 0.6 is 0 Å². The van der Waals surface area contributed by atoms with Crippen molar-refractivity contribution < 1.29 is 68.9 Å². The molecular formula is C76H89F7N8O8. The number of alkyl halides is 6. The minimum atomic E-state index is -5.15. The van der Waals surface area contributed by atoms with Crippen molar-refractivity contribution in [1.29, 1.82) is 0 Å². The molecule has 530 valence electrons. The van der Waals surface area contributed by atoms with Crippen LogP contribution < -0.4 is 5.32 Å². The van der Waals surface area contributed by atoms with Crippen molar-refractivity contribution in [2.24, 2.45) is 0 Å². The smallest absolute Gasteiger partial charge is 0.416 e. The number of rotatable bonds is 27. The highest BCUT2D eigenvalue weighted by atomic mass is 19.4. The second-order valence-corrected chi connectivity index (χ2v) is 26.9. The molecule has 6 aromatic carbocycles. The van der Waals surface area contributed by atoms with Crippen LogP contribution in [0, 0.1) is 5.82 Å². The number of nitrogens with zero attached hydrogens (tertiary/aromatic N) is 7. The molecule has 6 aromatic rings. The van der Waals surface area contributed by atoms with E-state index in [1.54, 1.807) is 23.9 Å². The number of carbonyl (C=O) groups is 5. The number of para-hydroxylation sites is 1. The zero-order valence-corrected chi connectivity index (χ0v) is 56.7. The zero-order chi connectivity index (χ0) is 70.5. The summed E-state index contributed by atoms with van der Waals surface area (Å²) in [5.41, 5.74) is 1.35. The number of likely N-dealkylation sites (tertiary alicyclic amines) is 2. The SMILES string of the molecule is CN(CCCCCC(=O)N(C)CCN1CCC(OC(=O)Nc2ccccc2-c2ccccc2)CC1)Cc1cccc(C(=O)N(C)CCCN(C)C(=O)CO[C@H]2Cc3ccccc3C23CCN(CC[C@]2(c4ccc(F)cc4)CN(C(=O)c4cc(C(F)(F)F)cc(C(F)(F)F)c4)CO2)CC3)c1. The Balaban J connectivity index is 0.612. The second kappa shape index (κ2) is 32.8. The highest BCUT2D eigenvalue weighted by molar-refractivity contribution is 5.95. The van der Waals surface area contributed by atoms with E-state index in [4.69, 9.17) is 14.2 Å². The maximum absolute atomic E-state index is 14.3. The maximum atomic E-state index is 14.3. The highest BCUT2D eigenvalue weighted by Gasteiger charge is 2.50. The second-order valence-electron chi connectivity index (χ2n) is 26.9. The highest BCUT2D eigenvalue weighted by Crippen LogP contribution is 2.49. The summed E-state index contributed by atoms with van der Waals surface area (Å²) in [6.07, 6.45) is -3.91. The van der Waals surface area contributed by atoms with Crippen molar-refractivity contribution in [3.05, 3.63) is 196 Å². The molecule has 2 atom stereocenters. The maximum Gasteiger partial charge on any atom is 0.416 e. The van der Waals surface area contributed by atoms with E-state index in [1.807, 2.05) is 103 Å². The predicted octanol–water partition coefficient (Wildman–Crippen LogP) is 13.0. The first-order chi connectivity index (χ1) is 47.4. The topological polar surface area (TPSA) is 148 Å². The van der Waals surface area contributed by atoms with Crippen LogP contribution in [0.3, 0.4) is 0 Å². The van der Waals surface area contributed by atoms with Crippen LogP contribution in [-0.4, -0.2) is 190 Å². The number of nitrogens with one attached hydrogen (secondary N) is 1. The average molecular weight is 1380 g/mol. The molecule has 99 heavy (non-hydrogen) atoms.